The molecule has 0 spiro atoms. The van der Waals surface area contributed by atoms with Crippen LogP contribution in [0.15, 0.2) is 12.1 Å². The van der Waals surface area contributed by atoms with Gasteiger partial charge in [0.2, 0.25) is 5.75 Å². The van der Waals surface area contributed by atoms with Crippen molar-refractivity contribution >= 4 is 27.6 Å². The maximum absolute atomic E-state index is 12.2. The molecule has 0 aliphatic rings. The van der Waals surface area contributed by atoms with Crippen LogP contribution in [0.5, 0.6) is 5.75 Å². The Hall–Kier alpha value is -1.77. The van der Waals surface area contributed by atoms with Gasteiger partial charge in [-0.1, -0.05) is 22.0 Å². The van der Waals surface area contributed by atoms with Crippen molar-refractivity contribution in [3.8, 4) is 5.75 Å². The molecule has 0 bridgehead atoms. The van der Waals surface area contributed by atoms with E-state index in [4.69, 9.17) is 5.11 Å². The number of carboxylic acid groups (broad SMARTS) is 1. The Morgan fingerprint density at radius 2 is 2.17 bits per heavy atom. The van der Waals surface area contributed by atoms with E-state index in [-0.39, 0.29) is 10.9 Å². The van der Waals surface area contributed by atoms with Crippen molar-refractivity contribution in [2.45, 2.75) is 11.9 Å². The largest absolute Gasteiger partial charge is 0.478 e. The Bertz CT molecular complexity index is 494. The number of aromatic carboxylic acids is 1. The summed E-state index contributed by atoms with van der Waals surface area (Å²) in [5.74, 6) is -2.52. The van der Waals surface area contributed by atoms with Crippen molar-refractivity contribution in [3.05, 3.63) is 33.4 Å². The Labute approximate surface area is 107 Å². The first-order valence-corrected chi connectivity index (χ1v) is 5.55. The molecule has 0 aliphatic heterocycles. The fourth-order valence-electron chi connectivity index (χ4n) is 1.31. The van der Waals surface area contributed by atoms with E-state index in [1.54, 1.807) is 0 Å². The van der Waals surface area contributed by atoms with Gasteiger partial charge in [0, 0.05) is 11.4 Å². The SMILES string of the molecule is O=C(O)c1c(CBr)ccc([N+](=O)[O-])c1OC(F)F. The molecule has 0 aliphatic carbocycles. The third-order valence-electron chi connectivity index (χ3n) is 1.98. The van der Waals surface area contributed by atoms with Crippen molar-refractivity contribution in [2.24, 2.45) is 0 Å². The summed E-state index contributed by atoms with van der Waals surface area (Å²) in [6.07, 6.45) is 0. The van der Waals surface area contributed by atoms with Gasteiger partial charge in [0.1, 0.15) is 5.56 Å². The quantitative estimate of drug-likeness (QED) is 0.510. The molecule has 0 atom stereocenters. The molecule has 98 valence electrons. The first-order chi connectivity index (χ1) is 8.38. The van der Waals surface area contributed by atoms with E-state index in [0.29, 0.717) is 0 Å². The molecule has 1 N–H and O–H groups in total. The number of carboxylic acids is 1. The molecular weight excluding hydrogens is 320 g/mol. The average molecular weight is 326 g/mol. The van der Waals surface area contributed by atoms with Gasteiger partial charge in [0.15, 0.2) is 0 Å². The number of benzene rings is 1. The minimum absolute atomic E-state index is 0.0340. The molecule has 0 saturated heterocycles. The first-order valence-electron chi connectivity index (χ1n) is 4.42. The van der Waals surface area contributed by atoms with Crippen molar-refractivity contribution in [1.82, 2.24) is 0 Å². The van der Waals surface area contributed by atoms with Gasteiger partial charge in [-0.15, -0.1) is 0 Å². The van der Waals surface area contributed by atoms with Crippen LogP contribution in [-0.4, -0.2) is 22.6 Å². The van der Waals surface area contributed by atoms with Gasteiger partial charge in [0.25, 0.3) is 0 Å². The topological polar surface area (TPSA) is 89.7 Å². The van der Waals surface area contributed by atoms with Crippen LogP contribution in [0.3, 0.4) is 0 Å². The van der Waals surface area contributed by atoms with E-state index in [9.17, 15) is 23.7 Å². The number of nitrogens with zero attached hydrogens (tertiary/aromatic N) is 1. The van der Waals surface area contributed by atoms with Crippen LogP contribution in [0.25, 0.3) is 0 Å². The summed E-state index contributed by atoms with van der Waals surface area (Å²) in [4.78, 5) is 20.7. The van der Waals surface area contributed by atoms with Crippen LogP contribution in [0.2, 0.25) is 0 Å². The first kappa shape index (κ1) is 14.3. The van der Waals surface area contributed by atoms with Gasteiger partial charge in [-0.3, -0.25) is 10.1 Å². The van der Waals surface area contributed by atoms with Crippen LogP contribution in [-0.2, 0) is 5.33 Å². The lowest BCUT2D eigenvalue weighted by Crippen LogP contribution is -2.12. The predicted octanol–water partition coefficient (Wildman–Crippen LogP) is 2.79. The lowest BCUT2D eigenvalue weighted by molar-refractivity contribution is -0.386. The number of hydrogen-bond acceptors (Lipinski definition) is 4. The van der Waals surface area contributed by atoms with E-state index in [1.807, 2.05) is 0 Å². The monoisotopic (exact) mass is 325 g/mol. The number of halogens is 3. The third kappa shape index (κ3) is 2.92. The molecule has 9 heteroatoms. The van der Waals surface area contributed by atoms with Gasteiger partial charge in [0.05, 0.1) is 4.92 Å². The molecule has 0 unspecified atom stereocenters. The number of carbonyl (C=O) groups is 1. The Kier molecular flexibility index (Phi) is 4.54. The maximum Gasteiger partial charge on any atom is 0.387 e. The highest BCUT2D eigenvalue weighted by Gasteiger charge is 2.28. The molecule has 1 aromatic rings. The van der Waals surface area contributed by atoms with Crippen molar-refractivity contribution in [2.75, 3.05) is 0 Å². The number of rotatable bonds is 5. The Morgan fingerprint density at radius 3 is 2.56 bits per heavy atom. The van der Waals surface area contributed by atoms with Crippen LogP contribution >= 0.6 is 15.9 Å². The number of hydrogen-bond donors (Lipinski definition) is 1. The molecule has 0 aromatic heterocycles. The molecule has 0 heterocycles. The molecule has 1 aromatic carbocycles. The van der Waals surface area contributed by atoms with Gasteiger partial charge >= 0.3 is 18.3 Å². The van der Waals surface area contributed by atoms with E-state index < -0.39 is 34.5 Å². The minimum atomic E-state index is -3.35. The summed E-state index contributed by atoms with van der Waals surface area (Å²) in [5.41, 5.74) is -1.37. The average Bonchev–Trinajstić information content (AvgIpc) is 2.26. The number of nitro benzene ring substituents is 1. The zero-order valence-corrected chi connectivity index (χ0v) is 10.2. The zero-order chi connectivity index (χ0) is 13.9. The highest BCUT2D eigenvalue weighted by Crippen LogP contribution is 2.35. The molecular formula is C9H6BrF2NO5. The van der Waals surface area contributed by atoms with E-state index in [0.717, 1.165) is 12.1 Å². The highest BCUT2D eigenvalue weighted by atomic mass is 79.9. The molecule has 18 heavy (non-hydrogen) atoms. The lowest BCUT2D eigenvalue weighted by Gasteiger charge is -2.11. The second-order valence-electron chi connectivity index (χ2n) is 3.02. The maximum atomic E-state index is 12.2. The highest BCUT2D eigenvalue weighted by molar-refractivity contribution is 9.08. The smallest absolute Gasteiger partial charge is 0.387 e. The van der Waals surface area contributed by atoms with Gasteiger partial charge in [-0.2, -0.15) is 8.78 Å². The molecule has 1 rings (SSSR count). The minimum Gasteiger partial charge on any atom is -0.478 e. The summed E-state index contributed by atoms with van der Waals surface area (Å²) >= 11 is 2.96. The van der Waals surface area contributed by atoms with Crippen LogP contribution in [0, 0.1) is 10.1 Å². The van der Waals surface area contributed by atoms with E-state index in [2.05, 4.69) is 20.7 Å². The third-order valence-corrected chi connectivity index (χ3v) is 2.59. The molecule has 0 amide bonds. The summed E-state index contributed by atoms with van der Waals surface area (Å²) in [5, 5.41) is 19.6. The van der Waals surface area contributed by atoms with Crippen molar-refractivity contribution in [3.63, 3.8) is 0 Å². The molecule has 0 saturated carbocycles. The van der Waals surface area contributed by atoms with Crippen molar-refractivity contribution < 1.29 is 28.3 Å². The normalized spacial score (nSPS) is 10.4. The Balaban J connectivity index is 3.54. The fourth-order valence-corrected chi connectivity index (χ4v) is 1.78. The molecule has 0 fully saturated rings. The van der Waals surface area contributed by atoms with Crippen LogP contribution in [0.4, 0.5) is 14.5 Å². The zero-order valence-electron chi connectivity index (χ0n) is 8.60. The second kappa shape index (κ2) is 5.71. The van der Waals surface area contributed by atoms with Gasteiger partial charge in [-0.05, 0) is 5.56 Å². The summed E-state index contributed by atoms with van der Waals surface area (Å²) in [6.45, 7) is -3.35. The van der Waals surface area contributed by atoms with Crippen molar-refractivity contribution in [1.29, 1.82) is 0 Å². The summed E-state index contributed by atoms with van der Waals surface area (Å²) in [7, 11) is 0. The fraction of sp³-hybridized carbons (Fsp3) is 0.222. The lowest BCUT2D eigenvalue weighted by atomic mass is 10.1. The van der Waals surface area contributed by atoms with Gasteiger partial charge in [-0.25, -0.2) is 4.79 Å². The number of nitro groups is 1. The number of alkyl halides is 3. The van der Waals surface area contributed by atoms with Gasteiger partial charge < -0.3 is 9.84 Å². The van der Waals surface area contributed by atoms with E-state index in [1.165, 1.54) is 0 Å². The number of ether oxygens (including phenoxy) is 1. The predicted molar refractivity (Wildman–Crippen MR) is 59.3 cm³/mol. The van der Waals surface area contributed by atoms with Crippen LogP contribution < -0.4 is 4.74 Å². The summed E-state index contributed by atoms with van der Waals surface area (Å²) in [6, 6.07) is 2.08. The van der Waals surface area contributed by atoms with Crippen LogP contribution in [0.1, 0.15) is 15.9 Å². The van der Waals surface area contributed by atoms with E-state index >= 15 is 0 Å². The molecule has 0 radical (unpaired) electrons. The second-order valence-corrected chi connectivity index (χ2v) is 3.58. The Morgan fingerprint density at radius 1 is 1.56 bits per heavy atom. The standard InChI is InChI=1S/C9H6BrF2NO5/c10-3-4-1-2-5(13(16)17)7(18-9(11)12)6(4)8(14)15/h1-2,9H,3H2,(H,14,15). The molecule has 6 nitrogen and oxygen atoms in total. The summed E-state index contributed by atoms with van der Waals surface area (Å²) < 4.78 is 28.4.